The van der Waals surface area contributed by atoms with Gasteiger partial charge in [0.2, 0.25) is 0 Å². The highest BCUT2D eigenvalue weighted by atomic mass is 16.5. The summed E-state index contributed by atoms with van der Waals surface area (Å²) >= 11 is 0. The molecule has 0 spiro atoms. The van der Waals surface area contributed by atoms with Crippen molar-refractivity contribution in [2.24, 2.45) is 0 Å². The minimum absolute atomic E-state index is 0.0616. The first kappa shape index (κ1) is 21.1. The van der Waals surface area contributed by atoms with Gasteiger partial charge in [-0.2, -0.15) is 0 Å². The molecule has 3 aromatic rings. The van der Waals surface area contributed by atoms with Crippen molar-refractivity contribution in [3.8, 4) is 16.9 Å². The second kappa shape index (κ2) is 10.3. The highest BCUT2D eigenvalue weighted by Gasteiger charge is 2.19. The van der Waals surface area contributed by atoms with E-state index < -0.39 is 12.1 Å². The highest BCUT2D eigenvalue weighted by molar-refractivity contribution is 5.98. The van der Waals surface area contributed by atoms with Gasteiger partial charge in [0, 0.05) is 11.3 Å². The predicted molar refractivity (Wildman–Crippen MR) is 117 cm³/mol. The maximum Gasteiger partial charge on any atom is 0.310 e. The zero-order valence-electron chi connectivity index (χ0n) is 17.1. The minimum Gasteiger partial charge on any atom is -0.493 e. The molecule has 0 bridgehead atoms. The summed E-state index contributed by atoms with van der Waals surface area (Å²) in [5.41, 5.74) is 3.69. The summed E-state index contributed by atoms with van der Waals surface area (Å²) in [5, 5.41) is 2.85. The van der Waals surface area contributed by atoms with Crippen LogP contribution in [0.25, 0.3) is 11.1 Å². The molecule has 154 valence electrons. The van der Waals surface area contributed by atoms with Crippen molar-refractivity contribution < 1.29 is 19.1 Å². The van der Waals surface area contributed by atoms with Crippen molar-refractivity contribution in [2.75, 3.05) is 11.9 Å². The molecule has 30 heavy (non-hydrogen) atoms. The molecule has 0 radical (unpaired) electrons. The lowest BCUT2D eigenvalue weighted by Gasteiger charge is -2.16. The number of carbonyl (C=O) groups excluding carboxylic acids is 2. The monoisotopic (exact) mass is 403 g/mol. The number of anilines is 1. The van der Waals surface area contributed by atoms with Crippen molar-refractivity contribution in [1.29, 1.82) is 0 Å². The normalized spacial score (nSPS) is 11.4. The summed E-state index contributed by atoms with van der Waals surface area (Å²) in [6.07, 6.45) is -0.854. The molecule has 0 aliphatic heterocycles. The smallest absolute Gasteiger partial charge is 0.310 e. The molecule has 0 saturated carbocycles. The number of carbonyl (C=O) groups is 2. The number of nitrogens with one attached hydrogen (secondary N) is 1. The first-order valence-electron chi connectivity index (χ1n) is 9.87. The largest absolute Gasteiger partial charge is 0.493 e. The fraction of sp³-hybridized carbons (Fsp3) is 0.200. The molecule has 0 unspecified atom stereocenters. The quantitative estimate of drug-likeness (QED) is 0.538. The molecule has 0 heterocycles. The molecule has 5 nitrogen and oxygen atoms in total. The number of amides is 1. The molecule has 3 aromatic carbocycles. The number of hydrogen-bond acceptors (Lipinski definition) is 4. The Hall–Kier alpha value is -3.60. The molecule has 1 N–H and O–H groups in total. The van der Waals surface area contributed by atoms with Crippen molar-refractivity contribution in [2.45, 2.75) is 26.4 Å². The van der Waals surface area contributed by atoms with E-state index in [4.69, 9.17) is 9.47 Å². The summed E-state index contributed by atoms with van der Waals surface area (Å²) in [5.74, 6) is -0.177. The standard InChI is InChI=1S/C25H25NO4/c1-18-12-14-21(15-13-18)29-17-16-24(27)30-19(2)25(28)26-23-11-7-6-10-22(23)20-8-4-3-5-9-20/h3-15,19H,16-17H2,1-2H3,(H,26,28)/t19-/m0/s1. The van der Waals surface area contributed by atoms with E-state index >= 15 is 0 Å². The van der Waals surface area contributed by atoms with Crippen molar-refractivity contribution >= 4 is 17.6 Å². The Bertz CT molecular complexity index is 984. The van der Waals surface area contributed by atoms with Gasteiger partial charge in [-0.1, -0.05) is 66.2 Å². The maximum atomic E-state index is 12.5. The number of aryl methyl sites for hydroxylation is 1. The van der Waals surface area contributed by atoms with Crippen LogP contribution in [0.1, 0.15) is 18.9 Å². The summed E-state index contributed by atoms with van der Waals surface area (Å²) < 4.78 is 10.8. The fourth-order valence-corrected chi connectivity index (χ4v) is 2.89. The van der Waals surface area contributed by atoms with Crippen LogP contribution in [-0.2, 0) is 14.3 Å². The highest BCUT2D eigenvalue weighted by Crippen LogP contribution is 2.27. The lowest BCUT2D eigenvalue weighted by molar-refractivity contribution is -0.153. The van der Waals surface area contributed by atoms with E-state index in [1.54, 1.807) is 6.92 Å². The Morgan fingerprint density at radius 3 is 2.30 bits per heavy atom. The average molecular weight is 403 g/mol. The van der Waals surface area contributed by atoms with Crippen LogP contribution in [0.15, 0.2) is 78.9 Å². The third-order valence-corrected chi connectivity index (χ3v) is 4.54. The van der Waals surface area contributed by atoms with Gasteiger partial charge in [0.05, 0.1) is 13.0 Å². The fourth-order valence-electron chi connectivity index (χ4n) is 2.89. The SMILES string of the molecule is Cc1ccc(OCCC(=O)O[C@@H](C)C(=O)Nc2ccccc2-c2ccccc2)cc1. The van der Waals surface area contributed by atoms with Crippen LogP contribution < -0.4 is 10.1 Å². The number of ether oxygens (including phenoxy) is 2. The van der Waals surface area contributed by atoms with Crippen LogP contribution in [0.5, 0.6) is 5.75 Å². The molecule has 0 fully saturated rings. The molecule has 0 aromatic heterocycles. The van der Waals surface area contributed by atoms with Gasteiger partial charge in [0.1, 0.15) is 5.75 Å². The molecule has 0 aliphatic rings. The number of benzene rings is 3. The van der Waals surface area contributed by atoms with E-state index in [0.29, 0.717) is 11.4 Å². The number of esters is 1. The molecule has 5 heteroatoms. The van der Waals surface area contributed by atoms with Crippen molar-refractivity contribution in [3.05, 3.63) is 84.4 Å². The Morgan fingerprint density at radius 1 is 0.900 bits per heavy atom. The van der Waals surface area contributed by atoms with E-state index in [1.165, 1.54) is 0 Å². The van der Waals surface area contributed by atoms with Gasteiger partial charge in [0.25, 0.3) is 5.91 Å². The van der Waals surface area contributed by atoms with E-state index in [-0.39, 0.29) is 18.9 Å². The number of rotatable bonds is 8. The average Bonchev–Trinajstić information content (AvgIpc) is 2.76. The summed E-state index contributed by atoms with van der Waals surface area (Å²) in [7, 11) is 0. The molecule has 3 rings (SSSR count). The molecule has 1 atom stereocenters. The van der Waals surface area contributed by atoms with Gasteiger partial charge in [-0.15, -0.1) is 0 Å². The molecule has 0 saturated heterocycles. The third-order valence-electron chi connectivity index (χ3n) is 4.54. The lowest BCUT2D eigenvalue weighted by Crippen LogP contribution is -2.30. The van der Waals surface area contributed by atoms with E-state index in [1.807, 2.05) is 85.8 Å². The van der Waals surface area contributed by atoms with Crippen LogP contribution in [0.3, 0.4) is 0 Å². The van der Waals surface area contributed by atoms with Gasteiger partial charge in [-0.25, -0.2) is 0 Å². The first-order valence-corrected chi connectivity index (χ1v) is 9.87. The molecule has 1 amide bonds. The molecular formula is C25H25NO4. The summed E-state index contributed by atoms with van der Waals surface area (Å²) in [6, 6.07) is 24.9. The zero-order valence-corrected chi connectivity index (χ0v) is 17.1. The van der Waals surface area contributed by atoms with Gasteiger partial charge < -0.3 is 14.8 Å². The Kier molecular flexibility index (Phi) is 7.22. The van der Waals surface area contributed by atoms with Crippen LogP contribution in [0.2, 0.25) is 0 Å². The van der Waals surface area contributed by atoms with Gasteiger partial charge in [-0.3, -0.25) is 9.59 Å². The number of hydrogen-bond donors (Lipinski definition) is 1. The van der Waals surface area contributed by atoms with Crippen LogP contribution in [-0.4, -0.2) is 24.6 Å². The lowest BCUT2D eigenvalue weighted by atomic mass is 10.0. The Balaban J connectivity index is 1.51. The Labute approximate surface area is 176 Å². The van der Waals surface area contributed by atoms with E-state index in [9.17, 15) is 9.59 Å². The first-order chi connectivity index (χ1) is 14.5. The third kappa shape index (κ3) is 5.95. The van der Waals surface area contributed by atoms with Crippen molar-refractivity contribution in [1.82, 2.24) is 0 Å². The van der Waals surface area contributed by atoms with Crippen LogP contribution >= 0.6 is 0 Å². The maximum absolute atomic E-state index is 12.5. The van der Waals surface area contributed by atoms with Gasteiger partial charge in [-0.05, 0) is 37.6 Å². The second-order valence-corrected chi connectivity index (χ2v) is 6.94. The van der Waals surface area contributed by atoms with E-state index in [0.717, 1.165) is 16.7 Å². The van der Waals surface area contributed by atoms with Crippen LogP contribution in [0.4, 0.5) is 5.69 Å². The predicted octanol–water partition coefficient (Wildman–Crippen LogP) is 5.00. The van der Waals surface area contributed by atoms with E-state index in [2.05, 4.69) is 5.32 Å². The van der Waals surface area contributed by atoms with Gasteiger partial charge >= 0.3 is 5.97 Å². The van der Waals surface area contributed by atoms with Gasteiger partial charge in [0.15, 0.2) is 6.10 Å². The number of para-hydroxylation sites is 1. The second-order valence-electron chi connectivity index (χ2n) is 6.94. The minimum atomic E-state index is -0.916. The Morgan fingerprint density at radius 2 is 1.57 bits per heavy atom. The van der Waals surface area contributed by atoms with Crippen molar-refractivity contribution in [3.63, 3.8) is 0 Å². The topological polar surface area (TPSA) is 64.6 Å². The summed E-state index contributed by atoms with van der Waals surface area (Å²) in [6.45, 7) is 3.73. The summed E-state index contributed by atoms with van der Waals surface area (Å²) in [4.78, 5) is 24.6. The molecule has 0 aliphatic carbocycles. The zero-order chi connectivity index (χ0) is 21.3. The molecular weight excluding hydrogens is 378 g/mol. The van der Waals surface area contributed by atoms with Crippen LogP contribution in [0, 0.1) is 6.92 Å².